The molecular weight excluding hydrogens is 301 g/mol. The predicted molar refractivity (Wildman–Crippen MR) is 64.2 cm³/mol. The van der Waals surface area contributed by atoms with E-state index in [-0.39, 0.29) is 11.1 Å². The summed E-state index contributed by atoms with van der Waals surface area (Å²) in [7, 11) is 0. The quantitative estimate of drug-likeness (QED) is 0.764. The largest absolute Gasteiger partial charge is 0.343 e. The monoisotopic (exact) mass is 305 g/mol. The number of aromatic nitrogens is 1. The molecule has 0 amide bonds. The van der Waals surface area contributed by atoms with Gasteiger partial charge in [0.05, 0.1) is 11.4 Å². The minimum absolute atomic E-state index is 0.253. The van der Waals surface area contributed by atoms with E-state index < -0.39 is 0 Å². The van der Waals surface area contributed by atoms with Crippen LogP contribution in [0.3, 0.4) is 0 Å². The van der Waals surface area contributed by atoms with Crippen molar-refractivity contribution >= 4 is 39.1 Å². The highest BCUT2D eigenvalue weighted by Gasteiger charge is 2.14. The summed E-state index contributed by atoms with van der Waals surface area (Å²) in [6.45, 7) is 0. The van der Waals surface area contributed by atoms with Crippen LogP contribution in [-0.4, -0.2) is 5.16 Å². The molecule has 0 aliphatic rings. The van der Waals surface area contributed by atoms with E-state index in [4.69, 9.17) is 27.7 Å². The highest BCUT2D eigenvalue weighted by Crippen LogP contribution is 2.30. The smallest absolute Gasteiger partial charge is 0.231 e. The number of nitrogens with zero attached hydrogens (tertiary/aromatic N) is 1. The third-order valence-corrected chi connectivity index (χ3v) is 3.08. The van der Waals surface area contributed by atoms with E-state index in [1.807, 2.05) is 24.3 Å². The van der Waals surface area contributed by atoms with Crippen molar-refractivity contribution < 1.29 is 4.52 Å². The van der Waals surface area contributed by atoms with E-state index in [1.165, 1.54) is 0 Å². The van der Waals surface area contributed by atoms with E-state index in [0.29, 0.717) is 5.69 Å². The fourth-order valence-electron chi connectivity index (χ4n) is 1.24. The van der Waals surface area contributed by atoms with Crippen LogP contribution in [0.25, 0.3) is 11.3 Å². The molecule has 0 N–H and O–H groups in total. The predicted octanol–water partition coefficient (Wildman–Crippen LogP) is 4.50. The van der Waals surface area contributed by atoms with E-state index in [2.05, 4.69) is 21.1 Å². The maximum absolute atomic E-state index is 5.80. The highest BCUT2D eigenvalue weighted by atomic mass is 79.9. The third kappa shape index (κ3) is 2.19. The molecule has 1 heterocycles. The van der Waals surface area contributed by atoms with Gasteiger partial charge in [-0.25, -0.2) is 0 Å². The second-order valence-corrected chi connectivity index (χ2v) is 4.45. The Hall–Kier alpha value is -0.510. The first-order valence-corrected chi connectivity index (χ1v) is 5.89. The minimum atomic E-state index is 0.253. The van der Waals surface area contributed by atoms with Crippen LogP contribution in [0, 0.1) is 0 Å². The van der Waals surface area contributed by atoms with Gasteiger partial charge >= 0.3 is 0 Å². The van der Waals surface area contributed by atoms with Crippen molar-refractivity contribution in [3.05, 3.63) is 39.5 Å². The molecule has 0 bridgehead atoms. The molecule has 0 fully saturated rings. The summed E-state index contributed by atoms with van der Waals surface area (Å²) in [5.41, 5.74) is 2.35. The number of alkyl halides is 1. The second-order valence-electron chi connectivity index (χ2n) is 2.92. The minimum Gasteiger partial charge on any atom is -0.343 e. The summed E-state index contributed by atoms with van der Waals surface area (Å²) in [6, 6.07) is 7.70. The molecule has 2 rings (SSSR count). The van der Waals surface area contributed by atoms with Gasteiger partial charge in [-0.3, -0.25) is 0 Å². The van der Waals surface area contributed by atoms with Crippen LogP contribution in [0.15, 0.2) is 33.3 Å². The maximum Gasteiger partial charge on any atom is 0.231 e. The van der Waals surface area contributed by atoms with Crippen LogP contribution in [0.5, 0.6) is 0 Å². The zero-order valence-electron chi connectivity index (χ0n) is 7.51. The van der Waals surface area contributed by atoms with Crippen molar-refractivity contribution in [2.24, 2.45) is 0 Å². The molecule has 2 aromatic rings. The zero-order valence-corrected chi connectivity index (χ0v) is 10.6. The van der Waals surface area contributed by atoms with E-state index in [9.17, 15) is 0 Å². The van der Waals surface area contributed by atoms with Crippen molar-refractivity contribution in [1.29, 1.82) is 0 Å². The van der Waals surface area contributed by atoms with Gasteiger partial charge in [0.25, 0.3) is 0 Å². The normalized spacial score (nSPS) is 10.6. The van der Waals surface area contributed by atoms with Crippen molar-refractivity contribution in [3.8, 4) is 11.3 Å². The molecule has 0 atom stereocenters. The van der Waals surface area contributed by atoms with E-state index in [1.54, 1.807) is 0 Å². The van der Waals surface area contributed by atoms with Gasteiger partial charge in [0.15, 0.2) is 0 Å². The summed E-state index contributed by atoms with van der Waals surface area (Å²) in [5.74, 6) is 0.285. The molecule has 15 heavy (non-hydrogen) atoms. The molecule has 5 heteroatoms. The molecule has 0 aliphatic carbocycles. The van der Waals surface area contributed by atoms with E-state index >= 15 is 0 Å². The lowest BCUT2D eigenvalue weighted by molar-refractivity contribution is 0.423. The molecular formula is C10H6BrCl2NO. The lowest BCUT2D eigenvalue weighted by Crippen LogP contribution is -1.83. The topological polar surface area (TPSA) is 26.0 Å². The Kier molecular flexibility index (Phi) is 3.34. The van der Waals surface area contributed by atoms with Crippen LogP contribution in [0.1, 0.15) is 5.56 Å². The average molecular weight is 307 g/mol. The lowest BCUT2D eigenvalue weighted by Gasteiger charge is -1.98. The van der Waals surface area contributed by atoms with Gasteiger partial charge in [0.2, 0.25) is 5.22 Å². The van der Waals surface area contributed by atoms with Crippen molar-refractivity contribution in [2.75, 3.05) is 0 Å². The van der Waals surface area contributed by atoms with Gasteiger partial charge in [0.1, 0.15) is 5.69 Å². The first kappa shape index (κ1) is 11.0. The molecule has 2 nitrogen and oxygen atoms in total. The van der Waals surface area contributed by atoms with Crippen LogP contribution in [0.2, 0.25) is 5.22 Å². The van der Waals surface area contributed by atoms with Crippen LogP contribution in [-0.2, 0) is 5.88 Å². The molecule has 0 saturated heterocycles. The Morgan fingerprint density at radius 1 is 1.27 bits per heavy atom. The zero-order chi connectivity index (χ0) is 10.8. The Balaban J connectivity index is 2.49. The summed E-state index contributed by atoms with van der Waals surface area (Å²) in [4.78, 5) is 0. The summed E-state index contributed by atoms with van der Waals surface area (Å²) in [5, 5.41) is 4.13. The maximum atomic E-state index is 5.80. The fraction of sp³-hybridized carbons (Fsp3) is 0.100. The Morgan fingerprint density at radius 3 is 2.53 bits per heavy atom. The van der Waals surface area contributed by atoms with Gasteiger partial charge in [-0.15, -0.1) is 11.6 Å². The van der Waals surface area contributed by atoms with Crippen molar-refractivity contribution in [1.82, 2.24) is 5.16 Å². The average Bonchev–Trinajstić information content (AvgIpc) is 2.61. The van der Waals surface area contributed by atoms with Gasteiger partial charge in [-0.05, 0) is 23.7 Å². The number of rotatable bonds is 2. The van der Waals surface area contributed by atoms with Crippen LogP contribution in [0.4, 0.5) is 0 Å². The molecule has 0 unspecified atom stereocenters. The number of halogens is 3. The standard InChI is InChI=1S/C10H6BrCl2NO/c11-7-3-1-6(2-4-7)9-8(5-12)10(13)15-14-9/h1-4H,5H2. The first-order valence-electron chi connectivity index (χ1n) is 4.18. The van der Waals surface area contributed by atoms with E-state index in [0.717, 1.165) is 15.6 Å². The Morgan fingerprint density at radius 2 is 1.93 bits per heavy atom. The lowest BCUT2D eigenvalue weighted by atomic mass is 10.1. The third-order valence-electron chi connectivity index (χ3n) is 1.99. The van der Waals surface area contributed by atoms with Gasteiger partial charge in [-0.2, -0.15) is 0 Å². The molecule has 0 saturated carbocycles. The second kappa shape index (κ2) is 4.56. The van der Waals surface area contributed by atoms with Gasteiger partial charge in [0, 0.05) is 10.0 Å². The van der Waals surface area contributed by atoms with Crippen molar-refractivity contribution in [3.63, 3.8) is 0 Å². The molecule has 1 aromatic carbocycles. The number of benzene rings is 1. The molecule has 1 aromatic heterocycles. The molecule has 0 spiro atoms. The summed E-state index contributed by atoms with van der Waals surface area (Å²) in [6.07, 6.45) is 0. The van der Waals surface area contributed by atoms with Crippen LogP contribution >= 0.6 is 39.1 Å². The van der Waals surface area contributed by atoms with Crippen LogP contribution < -0.4 is 0 Å². The Labute approximate surface area is 105 Å². The molecule has 0 aliphatic heterocycles. The fourth-order valence-corrected chi connectivity index (χ4v) is 2.01. The first-order chi connectivity index (χ1) is 7.22. The molecule has 78 valence electrons. The highest BCUT2D eigenvalue weighted by molar-refractivity contribution is 9.10. The SMILES string of the molecule is ClCc1c(-c2ccc(Br)cc2)noc1Cl. The van der Waals surface area contributed by atoms with Gasteiger partial charge < -0.3 is 4.52 Å². The van der Waals surface area contributed by atoms with Crippen molar-refractivity contribution in [2.45, 2.75) is 5.88 Å². The Bertz CT molecular complexity index is 467. The number of hydrogen-bond donors (Lipinski definition) is 0. The number of hydrogen-bond acceptors (Lipinski definition) is 2. The molecule has 0 radical (unpaired) electrons. The summed E-state index contributed by atoms with van der Waals surface area (Å²) >= 11 is 14.9. The summed E-state index contributed by atoms with van der Waals surface area (Å²) < 4.78 is 5.90. The van der Waals surface area contributed by atoms with Gasteiger partial charge in [-0.1, -0.05) is 33.2 Å².